The molecule has 20 heavy (non-hydrogen) atoms. The van der Waals surface area contributed by atoms with E-state index in [1.165, 1.54) is 0 Å². The first-order valence-corrected chi connectivity index (χ1v) is 6.59. The van der Waals surface area contributed by atoms with E-state index < -0.39 is 0 Å². The quantitative estimate of drug-likeness (QED) is 0.831. The summed E-state index contributed by atoms with van der Waals surface area (Å²) in [6, 6.07) is 7.19. The van der Waals surface area contributed by atoms with Crippen LogP contribution < -0.4 is 10.6 Å². The van der Waals surface area contributed by atoms with Crippen LogP contribution in [0.4, 0.5) is 11.5 Å². The minimum Gasteiger partial charge on any atom is -0.384 e. The van der Waals surface area contributed by atoms with Crippen molar-refractivity contribution in [3.63, 3.8) is 0 Å². The Kier molecular flexibility index (Phi) is 4.90. The van der Waals surface area contributed by atoms with Gasteiger partial charge in [-0.25, -0.2) is 9.97 Å². The number of aryl methyl sites for hydroxylation is 1. The third-order valence-electron chi connectivity index (χ3n) is 2.59. The van der Waals surface area contributed by atoms with Gasteiger partial charge in [-0.1, -0.05) is 17.7 Å². The number of anilines is 2. The molecule has 104 valence electrons. The highest BCUT2D eigenvalue weighted by molar-refractivity contribution is 6.29. The van der Waals surface area contributed by atoms with Gasteiger partial charge in [0.1, 0.15) is 11.0 Å². The number of aromatic nitrogens is 2. The molecule has 0 radical (unpaired) electrons. The van der Waals surface area contributed by atoms with Crippen LogP contribution in [0.25, 0.3) is 0 Å². The smallest absolute Gasteiger partial charge is 0.227 e. The van der Waals surface area contributed by atoms with Gasteiger partial charge in [-0.05, 0) is 30.7 Å². The van der Waals surface area contributed by atoms with Crippen molar-refractivity contribution in [2.45, 2.75) is 13.3 Å². The van der Waals surface area contributed by atoms with Crippen LogP contribution in [0.2, 0.25) is 5.15 Å². The minimum absolute atomic E-state index is 0.0889. The zero-order chi connectivity index (χ0) is 14.4. The lowest BCUT2D eigenvalue weighted by Crippen LogP contribution is -2.16. The van der Waals surface area contributed by atoms with Gasteiger partial charge in [-0.3, -0.25) is 4.79 Å². The van der Waals surface area contributed by atoms with Crippen LogP contribution >= 0.6 is 11.6 Å². The van der Waals surface area contributed by atoms with E-state index in [1.54, 1.807) is 30.6 Å². The SMILES string of the molecule is Cc1ccc(NC(=O)CCNc2ccnc(Cl)c2)nc1. The molecule has 0 aliphatic rings. The van der Waals surface area contributed by atoms with Crippen LogP contribution in [0, 0.1) is 6.92 Å². The van der Waals surface area contributed by atoms with Crippen LogP contribution in [-0.2, 0) is 4.79 Å². The first kappa shape index (κ1) is 14.3. The predicted molar refractivity (Wildman–Crippen MR) is 80.0 cm³/mol. The van der Waals surface area contributed by atoms with Gasteiger partial charge in [0.2, 0.25) is 5.91 Å². The lowest BCUT2D eigenvalue weighted by atomic mass is 10.3. The Morgan fingerprint density at radius 2 is 2.15 bits per heavy atom. The second-order valence-electron chi connectivity index (χ2n) is 4.31. The summed E-state index contributed by atoms with van der Waals surface area (Å²) in [6.07, 6.45) is 3.67. The van der Waals surface area contributed by atoms with Crippen LogP contribution in [0.3, 0.4) is 0 Å². The number of amides is 1. The molecule has 2 aromatic heterocycles. The van der Waals surface area contributed by atoms with Gasteiger partial charge in [-0.15, -0.1) is 0 Å². The second-order valence-corrected chi connectivity index (χ2v) is 4.70. The first-order chi connectivity index (χ1) is 9.63. The zero-order valence-corrected chi connectivity index (χ0v) is 11.8. The molecule has 0 fully saturated rings. The summed E-state index contributed by atoms with van der Waals surface area (Å²) < 4.78 is 0. The van der Waals surface area contributed by atoms with Gasteiger partial charge in [0.15, 0.2) is 0 Å². The Hall–Kier alpha value is -2.14. The summed E-state index contributed by atoms with van der Waals surface area (Å²) in [5.74, 6) is 0.474. The molecule has 0 aliphatic carbocycles. The van der Waals surface area contributed by atoms with E-state index in [2.05, 4.69) is 20.6 Å². The van der Waals surface area contributed by atoms with Gasteiger partial charge in [-0.2, -0.15) is 0 Å². The molecule has 2 aromatic rings. The average molecular weight is 291 g/mol. The van der Waals surface area contributed by atoms with Crippen LogP contribution in [0.5, 0.6) is 0 Å². The number of pyridine rings is 2. The maximum absolute atomic E-state index is 11.7. The van der Waals surface area contributed by atoms with Crippen molar-refractivity contribution >= 4 is 29.0 Å². The molecule has 0 atom stereocenters. The summed E-state index contributed by atoms with van der Waals surface area (Å²) in [4.78, 5) is 19.7. The van der Waals surface area contributed by atoms with Crippen molar-refractivity contribution in [2.24, 2.45) is 0 Å². The molecular formula is C14H15ClN4O. The summed E-state index contributed by atoms with van der Waals surface area (Å²) in [7, 11) is 0. The Balaban J connectivity index is 1.76. The summed E-state index contributed by atoms with van der Waals surface area (Å²) in [5, 5.41) is 6.26. The fraction of sp³-hybridized carbons (Fsp3) is 0.214. The molecule has 0 bridgehead atoms. The maximum Gasteiger partial charge on any atom is 0.227 e. The topological polar surface area (TPSA) is 66.9 Å². The molecule has 0 aliphatic heterocycles. The predicted octanol–water partition coefficient (Wildman–Crippen LogP) is 2.88. The monoisotopic (exact) mass is 290 g/mol. The molecule has 1 amide bonds. The first-order valence-electron chi connectivity index (χ1n) is 6.21. The number of rotatable bonds is 5. The average Bonchev–Trinajstić information content (AvgIpc) is 2.41. The summed E-state index contributed by atoms with van der Waals surface area (Å²) in [5.41, 5.74) is 1.89. The van der Waals surface area contributed by atoms with Gasteiger partial charge < -0.3 is 10.6 Å². The van der Waals surface area contributed by atoms with Crippen LogP contribution in [0.15, 0.2) is 36.7 Å². The number of hydrogen-bond donors (Lipinski definition) is 2. The van der Waals surface area contributed by atoms with Crippen molar-refractivity contribution in [3.05, 3.63) is 47.4 Å². The zero-order valence-electron chi connectivity index (χ0n) is 11.1. The lowest BCUT2D eigenvalue weighted by molar-refractivity contribution is -0.116. The number of carbonyl (C=O) groups is 1. The number of halogens is 1. The third kappa shape index (κ3) is 4.51. The van der Waals surface area contributed by atoms with Gasteiger partial charge in [0.05, 0.1) is 0 Å². The molecule has 0 spiro atoms. The normalized spacial score (nSPS) is 10.1. The molecule has 0 saturated heterocycles. The molecule has 0 saturated carbocycles. The Morgan fingerprint density at radius 3 is 2.85 bits per heavy atom. The number of carbonyl (C=O) groups excluding carboxylic acids is 1. The Bertz CT molecular complexity index is 586. The highest BCUT2D eigenvalue weighted by Gasteiger charge is 2.03. The fourth-order valence-electron chi connectivity index (χ4n) is 1.58. The van der Waals surface area contributed by atoms with E-state index in [0.29, 0.717) is 23.9 Å². The van der Waals surface area contributed by atoms with Crippen molar-refractivity contribution in [1.29, 1.82) is 0 Å². The van der Waals surface area contributed by atoms with E-state index >= 15 is 0 Å². The lowest BCUT2D eigenvalue weighted by Gasteiger charge is -2.07. The summed E-state index contributed by atoms with van der Waals surface area (Å²) in [6.45, 7) is 2.46. The van der Waals surface area contributed by atoms with Crippen LogP contribution in [0.1, 0.15) is 12.0 Å². The number of nitrogens with zero attached hydrogens (tertiary/aromatic N) is 2. The van der Waals surface area contributed by atoms with Crippen molar-refractivity contribution in [3.8, 4) is 0 Å². The van der Waals surface area contributed by atoms with E-state index in [9.17, 15) is 4.79 Å². The molecule has 0 unspecified atom stereocenters. The number of nitrogens with one attached hydrogen (secondary N) is 2. The highest BCUT2D eigenvalue weighted by atomic mass is 35.5. The summed E-state index contributed by atoms with van der Waals surface area (Å²) >= 11 is 5.77. The van der Waals surface area contributed by atoms with Crippen LogP contribution in [-0.4, -0.2) is 22.4 Å². The molecule has 5 nitrogen and oxygen atoms in total. The Labute approximate surface area is 122 Å². The van der Waals surface area contributed by atoms with Gasteiger partial charge in [0, 0.05) is 31.0 Å². The van der Waals surface area contributed by atoms with Crippen molar-refractivity contribution in [2.75, 3.05) is 17.2 Å². The van der Waals surface area contributed by atoms with E-state index in [1.807, 2.05) is 13.0 Å². The van der Waals surface area contributed by atoms with Crippen molar-refractivity contribution < 1.29 is 4.79 Å². The molecule has 2 heterocycles. The highest BCUT2D eigenvalue weighted by Crippen LogP contribution is 2.11. The largest absolute Gasteiger partial charge is 0.384 e. The molecule has 6 heteroatoms. The number of hydrogen-bond acceptors (Lipinski definition) is 4. The van der Waals surface area contributed by atoms with Crippen molar-refractivity contribution in [1.82, 2.24) is 9.97 Å². The van der Waals surface area contributed by atoms with E-state index in [4.69, 9.17) is 11.6 Å². The van der Waals surface area contributed by atoms with E-state index in [0.717, 1.165) is 11.3 Å². The molecule has 2 N–H and O–H groups in total. The standard InChI is InChI=1S/C14H15ClN4O/c1-10-2-3-13(18-9-10)19-14(20)5-7-16-11-4-6-17-12(15)8-11/h2-4,6,8-9H,5,7H2,1H3,(H,16,17)(H,18,19,20). The van der Waals surface area contributed by atoms with Gasteiger partial charge in [0.25, 0.3) is 0 Å². The minimum atomic E-state index is -0.0889. The molecule has 0 aromatic carbocycles. The maximum atomic E-state index is 11.7. The molecule has 2 rings (SSSR count). The molecular weight excluding hydrogens is 276 g/mol. The fourth-order valence-corrected chi connectivity index (χ4v) is 1.75. The Morgan fingerprint density at radius 1 is 1.30 bits per heavy atom. The van der Waals surface area contributed by atoms with Gasteiger partial charge >= 0.3 is 0 Å². The third-order valence-corrected chi connectivity index (χ3v) is 2.79. The van der Waals surface area contributed by atoms with E-state index in [-0.39, 0.29) is 5.91 Å². The second kappa shape index (κ2) is 6.86.